The summed E-state index contributed by atoms with van der Waals surface area (Å²) in [6.07, 6.45) is 3.56. The monoisotopic (exact) mass is 286 g/mol. The maximum atomic E-state index is 5.87. The lowest BCUT2D eigenvalue weighted by molar-refractivity contribution is 0.305. The van der Waals surface area contributed by atoms with Crippen molar-refractivity contribution in [2.45, 2.75) is 6.61 Å². The van der Waals surface area contributed by atoms with Crippen molar-refractivity contribution in [3.8, 4) is 5.75 Å². The molecular formula is C19H14N2O. The van der Waals surface area contributed by atoms with Crippen molar-refractivity contribution in [2.75, 3.05) is 0 Å². The number of rotatable bonds is 3. The van der Waals surface area contributed by atoms with Crippen molar-refractivity contribution in [3.63, 3.8) is 0 Å². The van der Waals surface area contributed by atoms with Crippen molar-refractivity contribution in [1.82, 2.24) is 9.97 Å². The molecule has 4 aromatic rings. The Hall–Kier alpha value is -2.94. The van der Waals surface area contributed by atoms with Crippen LogP contribution in [0.3, 0.4) is 0 Å². The molecule has 4 rings (SSSR count). The molecule has 2 heterocycles. The molecular weight excluding hydrogens is 272 g/mol. The Morgan fingerprint density at radius 1 is 0.727 bits per heavy atom. The van der Waals surface area contributed by atoms with E-state index in [4.69, 9.17) is 4.74 Å². The predicted molar refractivity (Wildman–Crippen MR) is 87.8 cm³/mol. The Balaban J connectivity index is 1.71. The van der Waals surface area contributed by atoms with E-state index in [0.29, 0.717) is 6.61 Å². The minimum Gasteiger partial charge on any atom is -0.487 e. The lowest BCUT2D eigenvalue weighted by atomic mass is 10.1. The van der Waals surface area contributed by atoms with E-state index in [-0.39, 0.29) is 0 Å². The maximum Gasteiger partial charge on any atom is 0.138 e. The molecule has 0 spiro atoms. The molecule has 0 aliphatic heterocycles. The summed E-state index contributed by atoms with van der Waals surface area (Å²) in [7, 11) is 0. The van der Waals surface area contributed by atoms with E-state index in [9.17, 15) is 0 Å². The zero-order valence-electron chi connectivity index (χ0n) is 11.9. The summed E-state index contributed by atoms with van der Waals surface area (Å²) in [6.45, 7) is 0.539. The van der Waals surface area contributed by atoms with Crippen LogP contribution in [0.15, 0.2) is 73.1 Å². The summed E-state index contributed by atoms with van der Waals surface area (Å²) in [4.78, 5) is 8.89. The van der Waals surface area contributed by atoms with E-state index in [1.165, 1.54) is 0 Å². The molecule has 22 heavy (non-hydrogen) atoms. The average molecular weight is 286 g/mol. The first-order valence-electron chi connectivity index (χ1n) is 7.20. The maximum absolute atomic E-state index is 5.87. The molecule has 106 valence electrons. The highest BCUT2D eigenvalue weighted by atomic mass is 16.5. The molecule has 0 unspecified atom stereocenters. The van der Waals surface area contributed by atoms with Crippen molar-refractivity contribution in [2.24, 2.45) is 0 Å². The average Bonchev–Trinajstić information content (AvgIpc) is 2.60. The molecule has 2 aromatic heterocycles. The number of ether oxygens (including phenoxy) is 1. The lowest BCUT2D eigenvalue weighted by Gasteiger charge is -2.08. The zero-order valence-corrected chi connectivity index (χ0v) is 11.9. The Labute approximate surface area is 128 Å². The number of hydrogen-bond acceptors (Lipinski definition) is 3. The third kappa shape index (κ3) is 2.37. The van der Waals surface area contributed by atoms with Crippen LogP contribution in [0.2, 0.25) is 0 Å². The third-order valence-corrected chi connectivity index (χ3v) is 3.66. The highest BCUT2D eigenvalue weighted by Crippen LogP contribution is 2.25. The number of hydrogen-bond donors (Lipinski definition) is 0. The van der Waals surface area contributed by atoms with E-state index in [1.54, 1.807) is 12.4 Å². The molecule has 0 bridgehead atoms. The van der Waals surface area contributed by atoms with Gasteiger partial charge < -0.3 is 4.74 Å². The standard InChI is InChI=1S/C19H14N2O/c1-2-6-14(7-3-1)13-22-15-10-17-16-8-4-5-9-18(16)21-12-19(17)20-11-15/h1-12H,13H2. The largest absolute Gasteiger partial charge is 0.487 e. The van der Waals surface area contributed by atoms with Crippen LogP contribution >= 0.6 is 0 Å². The first-order valence-corrected chi connectivity index (χ1v) is 7.20. The molecule has 2 aromatic carbocycles. The van der Waals surface area contributed by atoms with E-state index in [0.717, 1.165) is 33.1 Å². The number of nitrogens with zero attached hydrogens (tertiary/aromatic N) is 2. The van der Waals surface area contributed by atoms with Crippen LogP contribution < -0.4 is 4.74 Å². The normalized spacial score (nSPS) is 10.9. The molecule has 0 amide bonds. The Bertz CT molecular complexity index is 935. The molecule has 0 atom stereocenters. The van der Waals surface area contributed by atoms with Crippen LogP contribution in [-0.4, -0.2) is 9.97 Å². The van der Waals surface area contributed by atoms with E-state index in [1.807, 2.05) is 54.6 Å². The Morgan fingerprint density at radius 2 is 1.50 bits per heavy atom. The van der Waals surface area contributed by atoms with Gasteiger partial charge >= 0.3 is 0 Å². The fraction of sp³-hybridized carbons (Fsp3) is 0.0526. The number of aromatic nitrogens is 2. The van der Waals surface area contributed by atoms with Crippen LogP contribution in [0.25, 0.3) is 21.8 Å². The van der Waals surface area contributed by atoms with Crippen LogP contribution in [0.4, 0.5) is 0 Å². The van der Waals surface area contributed by atoms with Gasteiger partial charge in [0, 0.05) is 10.8 Å². The van der Waals surface area contributed by atoms with Gasteiger partial charge in [-0.05, 0) is 17.7 Å². The minimum absolute atomic E-state index is 0.539. The molecule has 0 radical (unpaired) electrons. The SMILES string of the molecule is c1ccc(COc2cnc3cnc4ccccc4c3c2)cc1. The number of benzene rings is 2. The lowest BCUT2D eigenvalue weighted by Crippen LogP contribution is -1.96. The minimum atomic E-state index is 0.539. The fourth-order valence-electron chi connectivity index (χ4n) is 2.54. The molecule has 0 fully saturated rings. The summed E-state index contributed by atoms with van der Waals surface area (Å²) in [6, 6.07) is 20.2. The van der Waals surface area contributed by atoms with Crippen molar-refractivity contribution < 1.29 is 4.74 Å². The van der Waals surface area contributed by atoms with Gasteiger partial charge in [0.25, 0.3) is 0 Å². The van der Waals surface area contributed by atoms with Crippen LogP contribution in [0, 0.1) is 0 Å². The molecule has 0 saturated carbocycles. The van der Waals surface area contributed by atoms with E-state index < -0.39 is 0 Å². The highest BCUT2D eigenvalue weighted by Gasteiger charge is 2.04. The van der Waals surface area contributed by atoms with Crippen LogP contribution in [0.1, 0.15) is 5.56 Å². The molecule has 0 N–H and O–H groups in total. The molecule has 0 saturated heterocycles. The van der Waals surface area contributed by atoms with Crippen LogP contribution in [-0.2, 0) is 6.61 Å². The van der Waals surface area contributed by atoms with Gasteiger partial charge in [-0.2, -0.15) is 0 Å². The Kier molecular flexibility index (Phi) is 3.16. The van der Waals surface area contributed by atoms with Gasteiger partial charge in [-0.15, -0.1) is 0 Å². The Morgan fingerprint density at radius 3 is 2.41 bits per heavy atom. The van der Waals surface area contributed by atoms with Gasteiger partial charge in [-0.25, -0.2) is 0 Å². The highest BCUT2D eigenvalue weighted by molar-refractivity contribution is 6.04. The van der Waals surface area contributed by atoms with Crippen molar-refractivity contribution in [1.29, 1.82) is 0 Å². The van der Waals surface area contributed by atoms with Crippen molar-refractivity contribution in [3.05, 3.63) is 78.6 Å². The summed E-state index contributed by atoms with van der Waals surface area (Å²) in [5, 5.41) is 2.16. The summed E-state index contributed by atoms with van der Waals surface area (Å²) < 4.78 is 5.87. The molecule has 0 aliphatic rings. The van der Waals surface area contributed by atoms with Crippen LogP contribution in [0.5, 0.6) is 5.75 Å². The third-order valence-electron chi connectivity index (χ3n) is 3.66. The molecule has 3 nitrogen and oxygen atoms in total. The van der Waals surface area contributed by atoms with Gasteiger partial charge in [0.1, 0.15) is 12.4 Å². The topological polar surface area (TPSA) is 35.0 Å². The number of para-hydroxylation sites is 1. The predicted octanol–water partition coefficient (Wildman–Crippen LogP) is 4.36. The smallest absolute Gasteiger partial charge is 0.138 e. The summed E-state index contributed by atoms with van der Waals surface area (Å²) >= 11 is 0. The first-order chi connectivity index (χ1) is 10.9. The first kappa shape index (κ1) is 12.8. The fourth-order valence-corrected chi connectivity index (χ4v) is 2.54. The second-order valence-corrected chi connectivity index (χ2v) is 5.15. The summed E-state index contributed by atoms with van der Waals surface area (Å²) in [5.41, 5.74) is 2.99. The van der Waals surface area contributed by atoms with E-state index in [2.05, 4.69) is 16.0 Å². The van der Waals surface area contributed by atoms with Gasteiger partial charge in [0.05, 0.1) is 23.4 Å². The zero-order chi connectivity index (χ0) is 14.8. The van der Waals surface area contributed by atoms with E-state index >= 15 is 0 Å². The van der Waals surface area contributed by atoms with Crippen molar-refractivity contribution >= 4 is 21.8 Å². The molecule has 3 heteroatoms. The van der Waals surface area contributed by atoms with Gasteiger partial charge in [0.2, 0.25) is 0 Å². The number of fused-ring (bicyclic) bond motifs is 3. The van der Waals surface area contributed by atoms with Gasteiger partial charge in [0.15, 0.2) is 0 Å². The molecule has 0 aliphatic carbocycles. The van der Waals surface area contributed by atoms with Gasteiger partial charge in [-0.3, -0.25) is 9.97 Å². The number of pyridine rings is 2. The van der Waals surface area contributed by atoms with Gasteiger partial charge in [-0.1, -0.05) is 48.5 Å². The second kappa shape index (κ2) is 5.45. The quantitative estimate of drug-likeness (QED) is 0.525. The second-order valence-electron chi connectivity index (χ2n) is 5.15. The summed E-state index contributed by atoms with van der Waals surface area (Å²) in [5.74, 6) is 0.771.